The number of unbranched alkanes of at least 4 members (excludes halogenated alkanes) is 3. The molecule has 92 valence electrons. The lowest BCUT2D eigenvalue weighted by atomic mass is 9.98. The molecule has 0 saturated carbocycles. The van der Waals surface area contributed by atoms with E-state index in [4.69, 9.17) is 0 Å². The van der Waals surface area contributed by atoms with E-state index in [9.17, 15) is 4.79 Å². The molecule has 1 aromatic carbocycles. The fourth-order valence-corrected chi connectivity index (χ4v) is 2.00. The zero-order valence-corrected chi connectivity index (χ0v) is 10.9. The lowest BCUT2D eigenvalue weighted by molar-refractivity contribution is -0.104. The Kier molecular flexibility index (Phi) is 6.31. The van der Waals surface area contributed by atoms with Gasteiger partial charge in [-0.1, -0.05) is 56.0 Å². The van der Waals surface area contributed by atoms with Crippen LogP contribution in [0, 0.1) is 6.92 Å². The summed E-state index contributed by atoms with van der Waals surface area (Å²) in [5, 5.41) is 0. The normalized spacial score (nSPS) is 10.9. The average Bonchev–Trinajstić information content (AvgIpc) is 2.33. The molecule has 1 aromatic rings. The van der Waals surface area contributed by atoms with Crippen molar-refractivity contribution in [2.24, 2.45) is 0 Å². The highest BCUT2D eigenvalue weighted by atomic mass is 16.1. The smallest absolute Gasteiger partial charge is 0.142 e. The van der Waals surface area contributed by atoms with Gasteiger partial charge in [0.2, 0.25) is 0 Å². The summed E-state index contributed by atoms with van der Waals surface area (Å²) in [6, 6.07) is 6.43. The van der Waals surface area contributed by atoms with Crippen molar-refractivity contribution in [1.29, 1.82) is 0 Å². The molecule has 0 radical (unpaired) electrons. The largest absolute Gasteiger partial charge is 0.299 e. The number of aryl methyl sites for hydroxylation is 2. The Labute approximate surface area is 105 Å². The molecule has 0 bridgehead atoms. The summed E-state index contributed by atoms with van der Waals surface area (Å²) in [7, 11) is 0. The maximum absolute atomic E-state index is 10.4. The molecule has 0 aliphatic carbocycles. The number of carbonyl (C=O) groups excluding carboxylic acids is 1. The zero-order valence-electron chi connectivity index (χ0n) is 10.9. The van der Waals surface area contributed by atoms with Crippen LogP contribution in [-0.4, -0.2) is 6.29 Å². The van der Waals surface area contributed by atoms with Crippen LogP contribution in [0.4, 0.5) is 0 Å². The number of hydrogen-bond donors (Lipinski definition) is 0. The quantitative estimate of drug-likeness (QED) is 0.387. The average molecular weight is 230 g/mol. The fraction of sp³-hybridized carbons (Fsp3) is 0.438. The first kappa shape index (κ1) is 13.7. The highest BCUT2D eigenvalue weighted by Gasteiger charge is 2.00. The van der Waals surface area contributed by atoms with Gasteiger partial charge in [0, 0.05) is 0 Å². The Morgan fingerprint density at radius 3 is 2.71 bits per heavy atom. The molecule has 0 aliphatic rings. The van der Waals surface area contributed by atoms with Crippen LogP contribution in [-0.2, 0) is 11.2 Å². The van der Waals surface area contributed by atoms with Crippen LogP contribution in [0.2, 0.25) is 0 Å². The Hall–Kier alpha value is -1.37. The molecule has 0 saturated heterocycles. The summed E-state index contributed by atoms with van der Waals surface area (Å²) in [6.45, 7) is 4.34. The van der Waals surface area contributed by atoms with E-state index < -0.39 is 0 Å². The highest BCUT2D eigenvalue weighted by molar-refractivity contribution is 5.74. The number of benzene rings is 1. The predicted octanol–water partition coefficient (Wildman–Crippen LogP) is 4.33. The van der Waals surface area contributed by atoms with Crippen LogP contribution >= 0.6 is 0 Å². The Morgan fingerprint density at radius 1 is 1.18 bits per heavy atom. The predicted molar refractivity (Wildman–Crippen MR) is 74.1 cm³/mol. The van der Waals surface area contributed by atoms with E-state index in [-0.39, 0.29) is 0 Å². The van der Waals surface area contributed by atoms with Crippen molar-refractivity contribution in [3.05, 3.63) is 41.0 Å². The van der Waals surface area contributed by atoms with E-state index in [1.54, 1.807) is 6.08 Å². The van der Waals surface area contributed by atoms with E-state index in [0.29, 0.717) is 0 Å². The number of aldehydes is 1. The molecule has 0 aliphatic heterocycles. The van der Waals surface area contributed by atoms with E-state index in [2.05, 4.69) is 32.0 Å². The molecule has 0 unspecified atom stereocenters. The Morgan fingerprint density at radius 2 is 2.00 bits per heavy atom. The maximum Gasteiger partial charge on any atom is 0.142 e. The second kappa shape index (κ2) is 7.83. The molecule has 0 amide bonds. The molecule has 0 atom stereocenters. The third-order valence-corrected chi connectivity index (χ3v) is 2.95. The molecular formula is C16H22O. The molecule has 17 heavy (non-hydrogen) atoms. The molecule has 0 aromatic heterocycles. The number of allylic oxidation sites excluding steroid dienone is 1. The molecular weight excluding hydrogens is 208 g/mol. The molecule has 1 rings (SSSR count). The lowest BCUT2D eigenvalue weighted by Crippen LogP contribution is -1.91. The summed E-state index contributed by atoms with van der Waals surface area (Å²) in [4.78, 5) is 10.4. The first-order valence-corrected chi connectivity index (χ1v) is 6.49. The summed E-state index contributed by atoms with van der Waals surface area (Å²) in [5.41, 5.74) is 3.83. The summed E-state index contributed by atoms with van der Waals surface area (Å²) >= 11 is 0. The molecule has 1 nitrogen and oxygen atoms in total. The molecule has 0 N–H and O–H groups in total. The topological polar surface area (TPSA) is 17.1 Å². The van der Waals surface area contributed by atoms with Gasteiger partial charge in [0.15, 0.2) is 0 Å². The van der Waals surface area contributed by atoms with Crippen molar-refractivity contribution in [1.82, 2.24) is 0 Å². The van der Waals surface area contributed by atoms with Crippen LogP contribution in [0.1, 0.15) is 49.3 Å². The van der Waals surface area contributed by atoms with Gasteiger partial charge in [0.05, 0.1) is 0 Å². The maximum atomic E-state index is 10.4. The summed E-state index contributed by atoms with van der Waals surface area (Å²) in [6.07, 6.45) is 10.5. The van der Waals surface area contributed by atoms with E-state index >= 15 is 0 Å². The fourth-order valence-electron chi connectivity index (χ4n) is 2.00. The van der Waals surface area contributed by atoms with Crippen molar-refractivity contribution in [3.8, 4) is 0 Å². The van der Waals surface area contributed by atoms with Crippen LogP contribution in [0.3, 0.4) is 0 Å². The third kappa shape index (κ3) is 4.99. The van der Waals surface area contributed by atoms with Gasteiger partial charge in [0.1, 0.15) is 6.29 Å². The van der Waals surface area contributed by atoms with Gasteiger partial charge in [-0.05, 0) is 37.0 Å². The van der Waals surface area contributed by atoms with E-state index in [1.807, 2.05) is 6.08 Å². The minimum atomic E-state index is 0.834. The second-order valence-electron chi connectivity index (χ2n) is 4.51. The van der Waals surface area contributed by atoms with Gasteiger partial charge < -0.3 is 0 Å². The van der Waals surface area contributed by atoms with Gasteiger partial charge in [-0.25, -0.2) is 0 Å². The number of rotatable bonds is 7. The minimum absolute atomic E-state index is 0.834. The van der Waals surface area contributed by atoms with Crippen molar-refractivity contribution in [3.63, 3.8) is 0 Å². The van der Waals surface area contributed by atoms with Crippen LogP contribution in [0.15, 0.2) is 24.3 Å². The number of hydrogen-bond acceptors (Lipinski definition) is 1. The van der Waals surface area contributed by atoms with Crippen molar-refractivity contribution in [2.45, 2.75) is 46.0 Å². The zero-order chi connectivity index (χ0) is 12.5. The van der Waals surface area contributed by atoms with Crippen molar-refractivity contribution < 1.29 is 4.79 Å². The Bertz CT molecular complexity index is 377. The van der Waals surface area contributed by atoms with Crippen LogP contribution in [0.5, 0.6) is 0 Å². The van der Waals surface area contributed by atoms with Gasteiger partial charge in [0.25, 0.3) is 0 Å². The van der Waals surface area contributed by atoms with Crippen molar-refractivity contribution >= 4 is 12.4 Å². The minimum Gasteiger partial charge on any atom is -0.299 e. The Balaban J connectivity index is 2.69. The summed E-state index contributed by atoms with van der Waals surface area (Å²) in [5.74, 6) is 0. The van der Waals surface area contributed by atoms with Crippen molar-refractivity contribution in [2.75, 3.05) is 0 Å². The monoisotopic (exact) mass is 230 g/mol. The second-order valence-corrected chi connectivity index (χ2v) is 4.51. The first-order chi connectivity index (χ1) is 8.27. The van der Waals surface area contributed by atoms with Gasteiger partial charge in [-0.15, -0.1) is 0 Å². The van der Waals surface area contributed by atoms with Gasteiger partial charge in [-0.3, -0.25) is 4.79 Å². The molecule has 0 heterocycles. The third-order valence-electron chi connectivity index (χ3n) is 2.95. The van der Waals surface area contributed by atoms with Gasteiger partial charge >= 0.3 is 0 Å². The SMILES string of the molecule is CCCCCCc1cc(C)ccc1C=CC=O. The lowest BCUT2D eigenvalue weighted by Gasteiger charge is -2.07. The number of carbonyl (C=O) groups is 1. The standard InChI is InChI=1S/C16H22O/c1-3-4-5-6-8-16-13-14(2)10-11-15(16)9-7-12-17/h7,9-13H,3-6,8H2,1-2H3. The molecule has 1 heteroatoms. The molecule has 0 fully saturated rings. The van der Waals surface area contributed by atoms with Gasteiger partial charge in [-0.2, -0.15) is 0 Å². The molecule has 0 spiro atoms. The summed E-state index contributed by atoms with van der Waals surface area (Å²) < 4.78 is 0. The van der Waals surface area contributed by atoms with E-state index in [0.717, 1.165) is 12.7 Å². The van der Waals surface area contributed by atoms with Crippen LogP contribution < -0.4 is 0 Å². The first-order valence-electron chi connectivity index (χ1n) is 6.49. The van der Waals surface area contributed by atoms with Crippen LogP contribution in [0.25, 0.3) is 6.08 Å². The highest BCUT2D eigenvalue weighted by Crippen LogP contribution is 2.16. The van der Waals surface area contributed by atoms with E-state index in [1.165, 1.54) is 42.4 Å².